The highest BCUT2D eigenvalue weighted by molar-refractivity contribution is 7.52. The molecule has 3 N–H and O–H groups in total. The average molecular weight is 208 g/mol. The zero-order valence-corrected chi connectivity index (χ0v) is 8.70. The van der Waals surface area contributed by atoms with Crippen LogP contribution >= 0.6 is 7.60 Å². The molecule has 1 unspecified atom stereocenters. The predicted octanol–water partition coefficient (Wildman–Crippen LogP) is -0.195. The van der Waals surface area contributed by atoms with Crippen molar-refractivity contribution < 1.29 is 14.4 Å². The first kappa shape index (κ1) is 11.1. The summed E-state index contributed by atoms with van der Waals surface area (Å²) in [6, 6.07) is 0. The summed E-state index contributed by atoms with van der Waals surface area (Å²) in [7, 11) is -3.95. The zero-order chi connectivity index (χ0) is 9.90. The third-order valence-electron chi connectivity index (χ3n) is 2.33. The Balaban J connectivity index is 2.59. The molecule has 78 valence electrons. The maximum absolute atomic E-state index is 11.1. The summed E-state index contributed by atoms with van der Waals surface area (Å²) in [6.45, 7) is 4.89. The van der Waals surface area contributed by atoms with E-state index in [1.165, 1.54) is 0 Å². The van der Waals surface area contributed by atoms with E-state index in [4.69, 9.17) is 9.79 Å². The molecule has 1 atom stereocenters. The van der Waals surface area contributed by atoms with Crippen LogP contribution in [-0.4, -0.2) is 46.6 Å². The smallest absolute Gasteiger partial charge is 0.323 e. The third kappa shape index (κ3) is 3.04. The topological polar surface area (TPSA) is 72.8 Å². The molecule has 1 aliphatic heterocycles. The summed E-state index contributed by atoms with van der Waals surface area (Å²) < 4.78 is 11.1. The molecule has 0 amide bonds. The van der Waals surface area contributed by atoms with Gasteiger partial charge >= 0.3 is 7.60 Å². The molecule has 0 aromatic heterocycles. The van der Waals surface area contributed by atoms with Gasteiger partial charge in [-0.25, -0.2) is 0 Å². The molecule has 13 heavy (non-hydrogen) atoms. The average Bonchev–Trinajstić information content (AvgIpc) is 2.05. The van der Waals surface area contributed by atoms with Gasteiger partial charge in [-0.2, -0.15) is 0 Å². The van der Waals surface area contributed by atoms with E-state index in [-0.39, 0.29) is 0 Å². The van der Waals surface area contributed by atoms with Gasteiger partial charge in [0.15, 0.2) is 0 Å². The SMILES string of the molecule is CCC(N1CCNCC1)P(=O)(O)O. The van der Waals surface area contributed by atoms with E-state index in [2.05, 4.69) is 5.32 Å². The molecule has 1 rings (SSSR count). The minimum absolute atomic E-state index is 0.504. The fraction of sp³-hybridized carbons (Fsp3) is 1.00. The highest BCUT2D eigenvalue weighted by Crippen LogP contribution is 2.44. The van der Waals surface area contributed by atoms with E-state index >= 15 is 0 Å². The lowest BCUT2D eigenvalue weighted by Crippen LogP contribution is -2.48. The molecule has 0 aliphatic carbocycles. The van der Waals surface area contributed by atoms with Gasteiger partial charge in [-0.15, -0.1) is 0 Å². The molecule has 1 heterocycles. The number of piperazine rings is 1. The fourth-order valence-electron chi connectivity index (χ4n) is 1.69. The standard InChI is InChI=1S/C7H17N2O3P/c1-2-7(13(10,11)12)9-5-3-8-4-6-9/h7-8H,2-6H2,1H3,(H2,10,11,12). The van der Waals surface area contributed by atoms with Crippen molar-refractivity contribution in [3.63, 3.8) is 0 Å². The van der Waals surface area contributed by atoms with E-state index in [0.29, 0.717) is 6.42 Å². The summed E-state index contributed by atoms with van der Waals surface area (Å²) in [6.07, 6.45) is 0.504. The van der Waals surface area contributed by atoms with Crippen LogP contribution in [0.5, 0.6) is 0 Å². The lowest BCUT2D eigenvalue weighted by molar-refractivity contribution is 0.188. The second-order valence-electron chi connectivity index (χ2n) is 3.26. The van der Waals surface area contributed by atoms with Gasteiger partial charge < -0.3 is 15.1 Å². The van der Waals surface area contributed by atoms with Crippen molar-refractivity contribution in [3.8, 4) is 0 Å². The van der Waals surface area contributed by atoms with E-state index in [0.717, 1.165) is 26.2 Å². The Morgan fingerprint density at radius 1 is 1.46 bits per heavy atom. The van der Waals surface area contributed by atoms with Crippen LogP contribution < -0.4 is 5.32 Å². The molecule has 0 aromatic carbocycles. The Labute approximate surface area is 78.3 Å². The summed E-state index contributed by atoms with van der Waals surface area (Å²) in [5.41, 5.74) is 0. The number of nitrogens with zero attached hydrogens (tertiary/aromatic N) is 1. The van der Waals surface area contributed by atoms with E-state index < -0.39 is 13.4 Å². The van der Waals surface area contributed by atoms with Crippen LogP contribution in [0.25, 0.3) is 0 Å². The van der Waals surface area contributed by atoms with Crippen LogP contribution in [-0.2, 0) is 4.57 Å². The van der Waals surface area contributed by atoms with E-state index in [9.17, 15) is 4.57 Å². The lowest BCUT2D eigenvalue weighted by Gasteiger charge is -2.34. The quantitative estimate of drug-likeness (QED) is 0.560. The Morgan fingerprint density at radius 3 is 2.38 bits per heavy atom. The van der Waals surface area contributed by atoms with E-state index in [1.54, 1.807) is 0 Å². The summed E-state index contributed by atoms with van der Waals surface area (Å²) in [4.78, 5) is 20.0. The number of hydrogen-bond acceptors (Lipinski definition) is 3. The first-order valence-corrected chi connectivity index (χ1v) is 6.24. The zero-order valence-electron chi connectivity index (χ0n) is 7.81. The second kappa shape index (κ2) is 4.53. The third-order valence-corrected chi connectivity index (χ3v) is 3.79. The van der Waals surface area contributed by atoms with Gasteiger partial charge in [0.05, 0.1) is 0 Å². The highest BCUT2D eigenvalue weighted by Gasteiger charge is 2.33. The first-order valence-electron chi connectivity index (χ1n) is 4.55. The van der Waals surface area contributed by atoms with Gasteiger partial charge in [0.2, 0.25) is 0 Å². The normalized spacial score (nSPS) is 23.0. The minimum atomic E-state index is -3.95. The summed E-state index contributed by atoms with van der Waals surface area (Å²) >= 11 is 0. The molecule has 0 radical (unpaired) electrons. The predicted molar refractivity (Wildman–Crippen MR) is 50.6 cm³/mol. The summed E-state index contributed by atoms with van der Waals surface area (Å²) in [5.74, 6) is -0.588. The van der Waals surface area contributed by atoms with Crippen molar-refractivity contribution >= 4 is 7.60 Å². The molecule has 5 nitrogen and oxygen atoms in total. The molecule has 0 aromatic rings. The van der Waals surface area contributed by atoms with Crippen molar-refractivity contribution in [2.24, 2.45) is 0 Å². The summed E-state index contributed by atoms with van der Waals surface area (Å²) in [5, 5.41) is 3.15. The maximum atomic E-state index is 11.1. The fourth-order valence-corrected chi connectivity index (χ4v) is 2.82. The van der Waals surface area contributed by atoms with Gasteiger partial charge in [-0.3, -0.25) is 9.46 Å². The first-order chi connectivity index (χ1) is 6.05. The van der Waals surface area contributed by atoms with E-state index in [1.807, 2.05) is 11.8 Å². The van der Waals surface area contributed by atoms with Crippen LogP contribution in [0.15, 0.2) is 0 Å². The molecular formula is C7H17N2O3P. The molecule has 1 aliphatic rings. The minimum Gasteiger partial charge on any atom is -0.323 e. The Bertz CT molecular complexity index is 200. The van der Waals surface area contributed by atoms with Crippen LogP contribution in [0.2, 0.25) is 0 Å². The monoisotopic (exact) mass is 208 g/mol. The van der Waals surface area contributed by atoms with Crippen LogP contribution in [0, 0.1) is 0 Å². The Hall–Kier alpha value is 0.0700. The van der Waals surface area contributed by atoms with Crippen LogP contribution in [0.1, 0.15) is 13.3 Å². The van der Waals surface area contributed by atoms with Crippen LogP contribution in [0.3, 0.4) is 0 Å². The van der Waals surface area contributed by atoms with Crippen LogP contribution in [0.4, 0.5) is 0 Å². The van der Waals surface area contributed by atoms with Crippen molar-refractivity contribution in [2.75, 3.05) is 26.2 Å². The van der Waals surface area contributed by atoms with Gasteiger partial charge in [-0.05, 0) is 6.42 Å². The lowest BCUT2D eigenvalue weighted by atomic mass is 10.3. The largest absolute Gasteiger partial charge is 0.342 e. The molecule has 0 spiro atoms. The molecule has 1 fully saturated rings. The van der Waals surface area contributed by atoms with Gasteiger partial charge in [0, 0.05) is 26.2 Å². The number of nitrogens with one attached hydrogen (secondary N) is 1. The molecule has 6 heteroatoms. The molecule has 0 saturated carbocycles. The molecule has 1 saturated heterocycles. The maximum Gasteiger partial charge on any atom is 0.342 e. The van der Waals surface area contributed by atoms with Gasteiger partial charge in [-0.1, -0.05) is 6.92 Å². The second-order valence-corrected chi connectivity index (χ2v) is 5.04. The van der Waals surface area contributed by atoms with Crippen molar-refractivity contribution in [2.45, 2.75) is 19.1 Å². The molecule has 0 bridgehead atoms. The molecular weight excluding hydrogens is 191 g/mol. The van der Waals surface area contributed by atoms with Gasteiger partial charge in [0.25, 0.3) is 0 Å². The highest BCUT2D eigenvalue weighted by atomic mass is 31.2. The van der Waals surface area contributed by atoms with Crippen molar-refractivity contribution in [1.29, 1.82) is 0 Å². The van der Waals surface area contributed by atoms with Gasteiger partial charge in [0.1, 0.15) is 5.78 Å². The van der Waals surface area contributed by atoms with Crippen molar-refractivity contribution in [1.82, 2.24) is 10.2 Å². The van der Waals surface area contributed by atoms with Crippen molar-refractivity contribution in [3.05, 3.63) is 0 Å². The Morgan fingerprint density at radius 2 is 2.00 bits per heavy atom. The Kier molecular flexibility index (Phi) is 3.88. The number of rotatable bonds is 3. The number of hydrogen-bond donors (Lipinski definition) is 3.